The van der Waals surface area contributed by atoms with Crippen molar-refractivity contribution in [2.75, 3.05) is 18.2 Å². The zero-order chi connectivity index (χ0) is 24.5. The fraction of sp³-hybridized carbons (Fsp3) is 0.107. The molecule has 1 amide bonds. The Balaban J connectivity index is 1.66. The van der Waals surface area contributed by atoms with Crippen molar-refractivity contribution in [1.29, 1.82) is 0 Å². The smallest absolute Gasteiger partial charge is 0.269 e. The second-order valence-corrected chi connectivity index (χ2v) is 9.29. The van der Waals surface area contributed by atoms with Gasteiger partial charge in [0.05, 0.1) is 18.5 Å². The summed E-state index contributed by atoms with van der Waals surface area (Å²) < 4.78 is 5.30. The van der Waals surface area contributed by atoms with Gasteiger partial charge in [-0.05, 0) is 67.4 Å². The Morgan fingerprint density at radius 3 is 2.34 bits per heavy atom. The maximum absolute atomic E-state index is 13.2. The van der Waals surface area contributed by atoms with Gasteiger partial charge in [-0.3, -0.25) is 4.79 Å². The average Bonchev–Trinajstić information content (AvgIpc) is 3.20. The van der Waals surface area contributed by atoms with Crippen molar-refractivity contribution in [3.05, 3.63) is 88.9 Å². The Morgan fingerprint density at radius 1 is 0.943 bits per heavy atom. The number of anilines is 2. The maximum atomic E-state index is 13.2. The van der Waals surface area contributed by atoms with Gasteiger partial charge in [-0.15, -0.1) is 11.3 Å². The van der Waals surface area contributed by atoms with Crippen molar-refractivity contribution in [1.82, 2.24) is 9.97 Å². The monoisotopic (exact) mass is 480 g/mol. The number of nitrogen functional groups attached to an aromatic ring is 1. The van der Waals surface area contributed by atoms with E-state index in [0.717, 1.165) is 39.2 Å². The first kappa shape index (κ1) is 22.6. The molecule has 3 aromatic heterocycles. The molecule has 0 radical (unpaired) electrons. The van der Waals surface area contributed by atoms with E-state index in [4.69, 9.17) is 15.5 Å². The number of thiophene rings is 1. The summed E-state index contributed by atoms with van der Waals surface area (Å²) in [6, 6.07) is 23.5. The third kappa shape index (κ3) is 4.46. The quantitative estimate of drug-likeness (QED) is 0.300. The van der Waals surface area contributed by atoms with Crippen LogP contribution in [0.25, 0.3) is 32.6 Å². The van der Waals surface area contributed by atoms with E-state index >= 15 is 0 Å². The highest BCUT2D eigenvalue weighted by Crippen LogP contribution is 2.41. The summed E-state index contributed by atoms with van der Waals surface area (Å²) in [6.07, 6.45) is 0. The minimum absolute atomic E-state index is 0.301. The second-order valence-electron chi connectivity index (χ2n) is 8.29. The van der Waals surface area contributed by atoms with Crippen LogP contribution in [0.4, 0.5) is 11.5 Å². The molecular formula is C28H24N4O2S. The first-order chi connectivity index (χ1) is 16.9. The van der Waals surface area contributed by atoms with E-state index < -0.39 is 0 Å². The Hall–Kier alpha value is -4.23. The minimum atomic E-state index is -0.301. The molecule has 0 unspecified atom stereocenters. The fourth-order valence-corrected chi connectivity index (χ4v) is 4.96. The van der Waals surface area contributed by atoms with E-state index in [1.165, 1.54) is 16.9 Å². The van der Waals surface area contributed by atoms with Crippen LogP contribution in [-0.2, 0) is 0 Å². The zero-order valence-electron chi connectivity index (χ0n) is 19.6. The van der Waals surface area contributed by atoms with Crippen LogP contribution in [0.3, 0.4) is 0 Å². The molecule has 3 N–H and O–H groups in total. The van der Waals surface area contributed by atoms with Crippen LogP contribution in [0.15, 0.2) is 72.8 Å². The molecule has 0 saturated heterocycles. The molecule has 5 aromatic rings. The molecule has 0 atom stereocenters. The molecule has 3 heterocycles. The number of pyridine rings is 2. The molecule has 0 spiro atoms. The number of aromatic nitrogens is 2. The van der Waals surface area contributed by atoms with Crippen LogP contribution in [0.1, 0.15) is 20.9 Å². The number of carbonyl (C=O) groups excluding carboxylic acids is 1. The fourth-order valence-electron chi connectivity index (χ4n) is 3.95. The molecule has 5 rings (SSSR count). The van der Waals surface area contributed by atoms with E-state index in [9.17, 15) is 4.79 Å². The Morgan fingerprint density at radius 2 is 1.66 bits per heavy atom. The number of methoxy groups -OCH3 is 1. The van der Waals surface area contributed by atoms with E-state index in [1.807, 2.05) is 49.4 Å². The maximum Gasteiger partial charge on any atom is 0.269 e. The summed E-state index contributed by atoms with van der Waals surface area (Å²) in [5.74, 6) is 0.958. The van der Waals surface area contributed by atoms with Gasteiger partial charge in [-0.2, -0.15) is 0 Å². The van der Waals surface area contributed by atoms with Crippen molar-refractivity contribution in [2.45, 2.75) is 13.8 Å². The van der Waals surface area contributed by atoms with Crippen LogP contribution in [-0.4, -0.2) is 23.0 Å². The van der Waals surface area contributed by atoms with Gasteiger partial charge in [0.15, 0.2) is 0 Å². The molecule has 0 fully saturated rings. The molecule has 2 aromatic carbocycles. The van der Waals surface area contributed by atoms with Crippen molar-refractivity contribution in [3.63, 3.8) is 0 Å². The van der Waals surface area contributed by atoms with Gasteiger partial charge in [0, 0.05) is 16.6 Å². The number of carbonyl (C=O) groups is 1. The number of nitrogens with one attached hydrogen (secondary N) is 1. The number of hydrogen-bond donors (Lipinski definition) is 2. The molecule has 7 heteroatoms. The van der Waals surface area contributed by atoms with Gasteiger partial charge in [0.25, 0.3) is 5.91 Å². The molecule has 0 aliphatic heterocycles. The predicted molar refractivity (Wildman–Crippen MR) is 143 cm³/mol. The number of aryl methyl sites for hydroxylation is 2. The van der Waals surface area contributed by atoms with Crippen LogP contribution in [0.2, 0.25) is 0 Å². The predicted octanol–water partition coefficient (Wildman–Crippen LogP) is 6.49. The van der Waals surface area contributed by atoms with Gasteiger partial charge in [-0.1, -0.05) is 35.9 Å². The summed E-state index contributed by atoms with van der Waals surface area (Å²) >= 11 is 1.28. The number of rotatable bonds is 5. The molecule has 0 bridgehead atoms. The SMILES string of the molecule is COc1ccc(-c2cc(-c3ccc(C)cc3)c3c(N)c(C(=O)Nc4cccc(C)n4)sc3n2)cc1. The summed E-state index contributed by atoms with van der Waals surface area (Å²) in [6.45, 7) is 3.93. The lowest BCUT2D eigenvalue weighted by molar-refractivity contribution is 0.103. The third-order valence-electron chi connectivity index (χ3n) is 5.78. The normalized spacial score (nSPS) is 10.9. The lowest BCUT2D eigenvalue weighted by Crippen LogP contribution is -2.13. The van der Waals surface area contributed by atoms with Crippen molar-refractivity contribution >= 4 is 39.0 Å². The van der Waals surface area contributed by atoms with Crippen molar-refractivity contribution in [3.8, 4) is 28.1 Å². The van der Waals surface area contributed by atoms with Crippen molar-refractivity contribution in [2.24, 2.45) is 0 Å². The van der Waals surface area contributed by atoms with E-state index in [0.29, 0.717) is 21.2 Å². The molecule has 0 saturated carbocycles. The number of hydrogen-bond acceptors (Lipinski definition) is 6. The third-order valence-corrected chi connectivity index (χ3v) is 6.88. The molecular weight excluding hydrogens is 456 g/mol. The van der Waals surface area contributed by atoms with Gasteiger partial charge >= 0.3 is 0 Å². The number of fused-ring (bicyclic) bond motifs is 1. The molecule has 0 aliphatic rings. The van der Waals surface area contributed by atoms with Gasteiger partial charge in [0.2, 0.25) is 0 Å². The van der Waals surface area contributed by atoms with Crippen molar-refractivity contribution < 1.29 is 9.53 Å². The summed E-state index contributed by atoms with van der Waals surface area (Å²) in [4.78, 5) is 23.5. The standard InChI is InChI=1S/C28H24N4O2S/c1-16-7-9-18(10-8-16)21-15-22(19-11-13-20(34-3)14-12-19)31-28-24(21)25(29)26(35-28)27(33)32-23-6-4-5-17(2)30-23/h4-15H,29H2,1-3H3,(H,30,32,33). The number of nitrogens with zero attached hydrogens (tertiary/aromatic N) is 2. The van der Waals surface area contributed by atoms with E-state index in [-0.39, 0.29) is 5.91 Å². The van der Waals surface area contributed by atoms with Gasteiger partial charge < -0.3 is 15.8 Å². The first-order valence-electron chi connectivity index (χ1n) is 11.1. The highest BCUT2D eigenvalue weighted by atomic mass is 32.1. The zero-order valence-corrected chi connectivity index (χ0v) is 20.4. The Kier molecular flexibility index (Phi) is 5.93. The van der Waals surface area contributed by atoms with E-state index in [2.05, 4.69) is 41.5 Å². The Labute approximate surface area is 207 Å². The number of amides is 1. The van der Waals surface area contributed by atoms with Crippen LogP contribution >= 0.6 is 11.3 Å². The first-order valence-corrected chi connectivity index (χ1v) is 11.9. The lowest BCUT2D eigenvalue weighted by atomic mass is 9.98. The summed E-state index contributed by atoms with van der Waals surface area (Å²) in [7, 11) is 1.64. The minimum Gasteiger partial charge on any atom is -0.497 e. The van der Waals surface area contributed by atoms with Crippen LogP contribution < -0.4 is 15.8 Å². The molecule has 0 aliphatic carbocycles. The highest BCUT2D eigenvalue weighted by Gasteiger charge is 2.22. The number of benzene rings is 2. The summed E-state index contributed by atoms with van der Waals surface area (Å²) in [5.41, 5.74) is 12.7. The average molecular weight is 481 g/mol. The van der Waals surface area contributed by atoms with Gasteiger partial charge in [0.1, 0.15) is 21.3 Å². The topological polar surface area (TPSA) is 90.1 Å². The lowest BCUT2D eigenvalue weighted by Gasteiger charge is -2.10. The number of nitrogens with two attached hydrogens (primary N) is 1. The van der Waals surface area contributed by atoms with Crippen LogP contribution in [0, 0.1) is 13.8 Å². The summed E-state index contributed by atoms with van der Waals surface area (Å²) in [5, 5.41) is 3.64. The number of ether oxygens (including phenoxy) is 1. The van der Waals surface area contributed by atoms with Gasteiger partial charge in [-0.25, -0.2) is 9.97 Å². The van der Waals surface area contributed by atoms with Crippen LogP contribution in [0.5, 0.6) is 5.75 Å². The largest absolute Gasteiger partial charge is 0.497 e. The molecule has 35 heavy (non-hydrogen) atoms. The molecule has 174 valence electrons. The van der Waals surface area contributed by atoms with E-state index in [1.54, 1.807) is 13.2 Å². The second kappa shape index (κ2) is 9.19. The highest BCUT2D eigenvalue weighted by molar-refractivity contribution is 7.21. The molecule has 6 nitrogen and oxygen atoms in total. The Bertz CT molecular complexity index is 1540.